The highest BCUT2D eigenvalue weighted by Crippen LogP contribution is 2.04. The van der Waals surface area contributed by atoms with E-state index in [1.807, 2.05) is 0 Å². The quantitative estimate of drug-likeness (QED) is 0.469. The minimum atomic E-state index is -0.434. The van der Waals surface area contributed by atoms with Crippen molar-refractivity contribution in [3.8, 4) is 0 Å². The highest BCUT2D eigenvalue weighted by molar-refractivity contribution is 5.39. The van der Waals surface area contributed by atoms with Gasteiger partial charge in [-0.05, 0) is 0 Å². The van der Waals surface area contributed by atoms with Crippen molar-refractivity contribution in [2.75, 3.05) is 24.3 Å². The van der Waals surface area contributed by atoms with Crippen LogP contribution in [0.3, 0.4) is 0 Å². The first kappa shape index (κ1) is 9.69. The van der Waals surface area contributed by atoms with Gasteiger partial charge in [0.25, 0.3) is 0 Å². The summed E-state index contributed by atoms with van der Waals surface area (Å²) in [6.07, 6.45) is 2.88. The summed E-state index contributed by atoms with van der Waals surface area (Å²) < 4.78 is 0. The van der Waals surface area contributed by atoms with E-state index in [0.717, 1.165) is 0 Å². The molecule has 0 saturated heterocycles. The average molecular weight is 184 g/mol. The molecular weight excluding hydrogens is 172 g/mol. The van der Waals surface area contributed by atoms with Crippen molar-refractivity contribution >= 4 is 11.6 Å². The molecule has 72 valence electrons. The topological polar surface area (TPSA) is 104 Å². The van der Waals surface area contributed by atoms with Crippen LogP contribution in [-0.4, -0.2) is 39.4 Å². The van der Waals surface area contributed by atoms with Crippen molar-refractivity contribution in [3.05, 3.63) is 12.4 Å². The Labute approximate surface area is 75.4 Å². The number of hydrogen-bond donors (Lipinski definition) is 4. The maximum atomic E-state index is 8.75. The molecule has 0 amide bonds. The first-order valence-electron chi connectivity index (χ1n) is 3.82. The second-order valence-corrected chi connectivity index (χ2v) is 2.54. The third kappa shape index (κ3) is 2.85. The van der Waals surface area contributed by atoms with Crippen LogP contribution in [0.25, 0.3) is 0 Å². The van der Waals surface area contributed by atoms with Crippen LogP contribution in [0.4, 0.5) is 11.6 Å². The van der Waals surface area contributed by atoms with Crippen LogP contribution in [0.15, 0.2) is 12.4 Å². The summed E-state index contributed by atoms with van der Waals surface area (Å²) in [7, 11) is 0. The largest absolute Gasteiger partial charge is 0.394 e. The van der Waals surface area contributed by atoms with E-state index < -0.39 is 6.04 Å². The maximum absolute atomic E-state index is 8.75. The van der Waals surface area contributed by atoms with E-state index >= 15 is 0 Å². The lowest BCUT2D eigenvalue weighted by molar-refractivity contribution is 0.203. The summed E-state index contributed by atoms with van der Waals surface area (Å²) in [5, 5.41) is 20.3. The third-order valence-electron chi connectivity index (χ3n) is 1.45. The molecular formula is C7H12N4O2. The van der Waals surface area contributed by atoms with E-state index in [9.17, 15) is 0 Å². The SMILES string of the molecule is Nc1cncc(NC(CO)CO)n1. The summed E-state index contributed by atoms with van der Waals surface area (Å²) in [6.45, 7) is -0.347. The molecule has 0 saturated carbocycles. The Hall–Kier alpha value is -1.40. The molecule has 0 unspecified atom stereocenters. The minimum absolute atomic E-state index is 0.174. The first-order valence-corrected chi connectivity index (χ1v) is 3.82. The number of nitrogen functional groups attached to an aromatic ring is 1. The second-order valence-electron chi connectivity index (χ2n) is 2.54. The van der Waals surface area contributed by atoms with Crippen LogP contribution in [0.1, 0.15) is 0 Å². The van der Waals surface area contributed by atoms with Crippen LogP contribution in [0.2, 0.25) is 0 Å². The Balaban J connectivity index is 2.62. The predicted octanol–water partition coefficient (Wildman–Crippen LogP) is -1.18. The normalized spacial score (nSPS) is 10.4. The minimum Gasteiger partial charge on any atom is -0.394 e. The number of aliphatic hydroxyl groups excluding tert-OH is 2. The number of nitrogens with zero attached hydrogens (tertiary/aromatic N) is 2. The molecule has 5 N–H and O–H groups in total. The molecule has 0 aromatic carbocycles. The number of hydrogen-bond acceptors (Lipinski definition) is 6. The molecule has 0 spiro atoms. The van der Waals surface area contributed by atoms with Crippen LogP contribution in [0, 0.1) is 0 Å². The smallest absolute Gasteiger partial charge is 0.147 e. The summed E-state index contributed by atoms with van der Waals surface area (Å²) >= 11 is 0. The van der Waals surface area contributed by atoms with Gasteiger partial charge in [-0.2, -0.15) is 0 Å². The molecule has 0 aliphatic heterocycles. The molecule has 0 radical (unpaired) electrons. The average Bonchev–Trinajstić information content (AvgIpc) is 2.14. The molecule has 0 fully saturated rings. The number of nitrogens with one attached hydrogen (secondary N) is 1. The summed E-state index contributed by atoms with van der Waals surface area (Å²) in [6, 6.07) is -0.434. The van der Waals surface area contributed by atoms with Gasteiger partial charge in [0.15, 0.2) is 0 Å². The van der Waals surface area contributed by atoms with Gasteiger partial charge < -0.3 is 21.3 Å². The fraction of sp³-hybridized carbons (Fsp3) is 0.429. The molecule has 0 bridgehead atoms. The molecule has 1 rings (SSSR count). The van der Waals surface area contributed by atoms with Crippen LogP contribution in [-0.2, 0) is 0 Å². The van der Waals surface area contributed by atoms with Crippen molar-refractivity contribution in [1.82, 2.24) is 9.97 Å². The van der Waals surface area contributed by atoms with Crippen LogP contribution in [0.5, 0.6) is 0 Å². The molecule has 0 aliphatic rings. The maximum Gasteiger partial charge on any atom is 0.147 e. The summed E-state index contributed by atoms with van der Waals surface area (Å²) in [4.78, 5) is 7.68. The molecule has 13 heavy (non-hydrogen) atoms. The first-order chi connectivity index (χ1) is 6.26. The lowest BCUT2D eigenvalue weighted by atomic mass is 10.3. The van der Waals surface area contributed by atoms with Gasteiger partial charge in [-0.3, -0.25) is 4.98 Å². The molecule has 1 heterocycles. The number of nitrogens with two attached hydrogens (primary N) is 1. The molecule has 1 aromatic rings. The number of anilines is 2. The lowest BCUT2D eigenvalue weighted by Gasteiger charge is -2.13. The van der Waals surface area contributed by atoms with E-state index in [2.05, 4.69) is 15.3 Å². The van der Waals surface area contributed by atoms with Crippen molar-refractivity contribution in [3.63, 3.8) is 0 Å². The second kappa shape index (κ2) is 4.58. The third-order valence-corrected chi connectivity index (χ3v) is 1.45. The zero-order valence-electron chi connectivity index (χ0n) is 7.01. The summed E-state index contributed by atoms with van der Waals surface area (Å²) in [5.74, 6) is 0.729. The van der Waals surface area contributed by atoms with Gasteiger partial charge in [-0.15, -0.1) is 0 Å². The Bertz CT molecular complexity index is 264. The number of rotatable bonds is 4. The highest BCUT2D eigenvalue weighted by Gasteiger charge is 2.05. The van der Waals surface area contributed by atoms with Crippen molar-refractivity contribution < 1.29 is 10.2 Å². The fourth-order valence-electron chi connectivity index (χ4n) is 0.809. The standard InChI is InChI=1S/C7H12N4O2/c8-6-1-9-2-7(11-6)10-5(3-12)4-13/h1-2,5,12-13H,3-4H2,(H3,8,10,11). The van der Waals surface area contributed by atoms with Crippen LogP contribution >= 0.6 is 0 Å². The van der Waals surface area contributed by atoms with E-state index in [4.69, 9.17) is 15.9 Å². The molecule has 0 aliphatic carbocycles. The molecule has 6 heteroatoms. The molecule has 6 nitrogen and oxygen atoms in total. The zero-order chi connectivity index (χ0) is 9.68. The predicted molar refractivity (Wildman–Crippen MR) is 48.0 cm³/mol. The van der Waals surface area contributed by atoms with Crippen molar-refractivity contribution in [2.45, 2.75) is 6.04 Å². The van der Waals surface area contributed by atoms with Gasteiger partial charge >= 0.3 is 0 Å². The van der Waals surface area contributed by atoms with Gasteiger partial charge in [0.05, 0.1) is 31.6 Å². The van der Waals surface area contributed by atoms with Gasteiger partial charge in [-0.1, -0.05) is 0 Å². The Kier molecular flexibility index (Phi) is 3.41. The van der Waals surface area contributed by atoms with E-state index in [1.165, 1.54) is 12.4 Å². The van der Waals surface area contributed by atoms with Gasteiger partial charge in [0.2, 0.25) is 0 Å². The number of aliphatic hydroxyl groups is 2. The van der Waals surface area contributed by atoms with Crippen molar-refractivity contribution in [2.24, 2.45) is 0 Å². The Morgan fingerprint density at radius 3 is 2.62 bits per heavy atom. The summed E-state index contributed by atoms with van der Waals surface area (Å²) in [5.41, 5.74) is 5.38. The lowest BCUT2D eigenvalue weighted by Crippen LogP contribution is -2.28. The van der Waals surface area contributed by atoms with Gasteiger partial charge in [-0.25, -0.2) is 4.98 Å². The van der Waals surface area contributed by atoms with E-state index in [-0.39, 0.29) is 13.2 Å². The van der Waals surface area contributed by atoms with E-state index in [1.54, 1.807) is 0 Å². The highest BCUT2D eigenvalue weighted by atomic mass is 16.3. The Morgan fingerprint density at radius 2 is 2.08 bits per heavy atom. The van der Waals surface area contributed by atoms with E-state index in [0.29, 0.717) is 11.6 Å². The van der Waals surface area contributed by atoms with Crippen molar-refractivity contribution in [1.29, 1.82) is 0 Å². The Morgan fingerprint density at radius 1 is 1.38 bits per heavy atom. The monoisotopic (exact) mass is 184 g/mol. The van der Waals surface area contributed by atoms with Gasteiger partial charge in [0, 0.05) is 0 Å². The zero-order valence-corrected chi connectivity index (χ0v) is 7.01. The molecule has 0 atom stereocenters. The van der Waals surface area contributed by atoms with Gasteiger partial charge in [0.1, 0.15) is 11.6 Å². The van der Waals surface area contributed by atoms with Crippen LogP contribution < -0.4 is 11.1 Å². The fourth-order valence-corrected chi connectivity index (χ4v) is 0.809. The molecule has 1 aromatic heterocycles. The number of aromatic nitrogens is 2.